The van der Waals surface area contributed by atoms with Crippen LogP contribution in [0.3, 0.4) is 0 Å². The maximum Gasteiger partial charge on any atom is 0.408 e. The van der Waals surface area contributed by atoms with E-state index in [-0.39, 0.29) is 25.1 Å². The quantitative estimate of drug-likeness (QED) is 0.493. The number of carbonyl (C=O) groups is 3. The summed E-state index contributed by atoms with van der Waals surface area (Å²) in [6.45, 7) is 14.1. The number of carbonyl (C=O) groups excluding carboxylic acids is 3. The Balaban J connectivity index is 3.32. The molecule has 0 spiro atoms. The molecular formula is C25H41N3O5. The Hall–Kier alpha value is -2.61. The molecule has 0 aliphatic rings. The summed E-state index contributed by atoms with van der Waals surface area (Å²) in [5, 5.41) is 15.3. The lowest BCUT2D eigenvalue weighted by Crippen LogP contribution is -2.53. The summed E-state index contributed by atoms with van der Waals surface area (Å²) >= 11 is 0. The highest BCUT2D eigenvalue weighted by Gasteiger charge is 2.35. The van der Waals surface area contributed by atoms with Crippen LogP contribution in [0.2, 0.25) is 0 Å². The molecule has 1 rings (SSSR count). The molecule has 8 nitrogen and oxygen atoms in total. The monoisotopic (exact) mass is 463 g/mol. The van der Waals surface area contributed by atoms with Crippen molar-refractivity contribution in [1.29, 1.82) is 0 Å². The van der Waals surface area contributed by atoms with Gasteiger partial charge in [0.15, 0.2) is 0 Å². The van der Waals surface area contributed by atoms with Crippen LogP contribution in [0.25, 0.3) is 0 Å². The topological polar surface area (TPSA) is 108 Å². The normalized spacial score (nSPS) is 14.1. The standard InChI is InChI=1S/C25H41N3O5/c1-9-10-18(4)26-22(30)21(20-12-11-16(2)15-17(20)3)28(13-14-29)23(31)19(5)27-24(32)33-25(6,7)8/h11-12,15,18-19,21,29H,9-10,13-14H2,1-8H3,(H,26,30)(H,27,32). The molecule has 0 aliphatic carbocycles. The van der Waals surface area contributed by atoms with Crippen molar-refractivity contribution in [3.8, 4) is 0 Å². The fourth-order valence-electron chi connectivity index (χ4n) is 3.68. The predicted molar refractivity (Wildman–Crippen MR) is 129 cm³/mol. The number of aliphatic hydroxyl groups excluding tert-OH is 1. The number of nitrogens with zero attached hydrogens (tertiary/aromatic N) is 1. The third-order valence-corrected chi connectivity index (χ3v) is 5.12. The smallest absolute Gasteiger partial charge is 0.408 e. The molecule has 1 aromatic rings. The van der Waals surface area contributed by atoms with Gasteiger partial charge in [-0.15, -0.1) is 0 Å². The minimum absolute atomic E-state index is 0.0628. The summed E-state index contributed by atoms with van der Waals surface area (Å²) in [6, 6.07) is 3.70. The predicted octanol–water partition coefficient (Wildman–Crippen LogP) is 3.38. The molecule has 186 valence electrons. The first kappa shape index (κ1) is 28.4. The Bertz CT molecular complexity index is 819. The summed E-state index contributed by atoms with van der Waals surface area (Å²) < 4.78 is 5.25. The van der Waals surface area contributed by atoms with Gasteiger partial charge in [-0.3, -0.25) is 9.59 Å². The Kier molecular flexibility index (Phi) is 10.8. The number of hydrogen-bond donors (Lipinski definition) is 3. The zero-order valence-electron chi connectivity index (χ0n) is 21.3. The molecule has 0 bridgehead atoms. The third-order valence-electron chi connectivity index (χ3n) is 5.12. The zero-order chi connectivity index (χ0) is 25.3. The van der Waals surface area contributed by atoms with Gasteiger partial charge in [-0.1, -0.05) is 37.1 Å². The molecule has 1 aromatic carbocycles. The van der Waals surface area contributed by atoms with Crippen molar-refractivity contribution in [1.82, 2.24) is 15.5 Å². The molecule has 3 amide bonds. The van der Waals surface area contributed by atoms with Gasteiger partial charge in [0, 0.05) is 12.6 Å². The van der Waals surface area contributed by atoms with E-state index >= 15 is 0 Å². The van der Waals surface area contributed by atoms with Crippen molar-refractivity contribution in [3.63, 3.8) is 0 Å². The van der Waals surface area contributed by atoms with Gasteiger partial charge in [-0.25, -0.2) is 4.79 Å². The highest BCUT2D eigenvalue weighted by molar-refractivity contribution is 5.92. The summed E-state index contributed by atoms with van der Waals surface area (Å²) in [5.74, 6) is -0.813. The van der Waals surface area contributed by atoms with Crippen molar-refractivity contribution < 1.29 is 24.2 Å². The lowest BCUT2D eigenvalue weighted by atomic mass is 9.96. The molecule has 0 aliphatic heterocycles. The molecule has 0 aromatic heterocycles. The number of amides is 3. The number of rotatable bonds is 10. The number of hydrogen-bond acceptors (Lipinski definition) is 5. The highest BCUT2D eigenvalue weighted by Crippen LogP contribution is 2.26. The van der Waals surface area contributed by atoms with Gasteiger partial charge < -0.3 is 25.4 Å². The molecular weight excluding hydrogens is 422 g/mol. The lowest BCUT2D eigenvalue weighted by Gasteiger charge is -2.34. The summed E-state index contributed by atoms with van der Waals surface area (Å²) in [5.41, 5.74) is 1.86. The molecule has 3 unspecified atom stereocenters. The first-order valence-electron chi connectivity index (χ1n) is 11.6. The van der Waals surface area contributed by atoms with E-state index < -0.39 is 29.7 Å². The van der Waals surface area contributed by atoms with Crippen molar-refractivity contribution in [3.05, 3.63) is 34.9 Å². The third kappa shape index (κ3) is 9.04. The van der Waals surface area contributed by atoms with E-state index in [0.717, 1.165) is 24.0 Å². The second-order valence-corrected chi connectivity index (χ2v) is 9.58. The molecule has 3 atom stereocenters. The largest absolute Gasteiger partial charge is 0.444 e. The Labute approximate surface area is 198 Å². The Morgan fingerprint density at radius 3 is 2.27 bits per heavy atom. The highest BCUT2D eigenvalue weighted by atomic mass is 16.6. The second kappa shape index (κ2) is 12.6. The van der Waals surface area contributed by atoms with Crippen LogP contribution in [0.5, 0.6) is 0 Å². The number of benzene rings is 1. The van der Waals surface area contributed by atoms with Gasteiger partial charge in [0.2, 0.25) is 11.8 Å². The van der Waals surface area contributed by atoms with Crippen LogP contribution in [-0.2, 0) is 14.3 Å². The van der Waals surface area contributed by atoms with Crippen LogP contribution in [0, 0.1) is 13.8 Å². The van der Waals surface area contributed by atoms with Crippen LogP contribution in [-0.4, -0.2) is 58.8 Å². The molecule has 8 heteroatoms. The molecule has 3 N–H and O–H groups in total. The van der Waals surface area contributed by atoms with Gasteiger partial charge in [0.1, 0.15) is 17.7 Å². The molecule has 33 heavy (non-hydrogen) atoms. The van der Waals surface area contributed by atoms with Crippen molar-refractivity contribution >= 4 is 17.9 Å². The van der Waals surface area contributed by atoms with E-state index in [4.69, 9.17) is 4.74 Å². The second-order valence-electron chi connectivity index (χ2n) is 9.58. The van der Waals surface area contributed by atoms with Crippen LogP contribution < -0.4 is 10.6 Å². The van der Waals surface area contributed by atoms with Crippen molar-refractivity contribution in [2.75, 3.05) is 13.2 Å². The summed E-state index contributed by atoms with van der Waals surface area (Å²) in [7, 11) is 0. The van der Waals surface area contributed by atoms with Crippen LogP contribution >= 0.6 is 0 Å². The first-order chi connectivity index (χ1) is 15.3. The average molecular weight is 464 g/mol. The number of nitrogens with one attached hydrogen (secondary N) is 2. The van der Waals surface area contributed by atoms with E-state index in [1.165, 1.54) is 11.8 Å². The SMILES string of the molecule is CCCC(C)NC(=O)C(c1ccc(C)cc1C)N(CCO)C(=O)C(C)NC(=O)OC(C)(C)C. The zero-order valence-corrected chi connectivity index (χ0v) is 21.3. The minimum atomic E-state index is -0.958. The molecule has 0 fully saturated rings. The first-order valence-corrected chi connectivity index (χ1v) is 11.6. The lowest BCUT2D eigenvalue weighted by molar-refractivity contribution is -0.143. The molecule has 0 saturated heterocycles. The molecule has 0 saturated carbocycles. The van der Waals surface area contributed by atoms with Crippen LogP contribution in [0.4, 0.5) is 4.79 Å². The fraction of sp³-hybridized carbons (Fsp3) is 0.640. The van der Waals surface area contributed by atoms with E-state index in [1.807, 2.05) is 45.9 Å². The van der Waals surface area contributed by atoms with Gasteiger partial charge in [0.05, 0.1) is 6.61 Å². The Morgan fingerprint density at radius 2 is 1.76 bits per heavy atom. The van der Waals surface area contributed by atoms with Gasteiger partial charge in [-0.05, 0) is 66.0 Å². The van der Waals surface area contributed by atoms with Crippen molar-refractivity contribution in [2.45, 2.75) is 92.0 Å². The van der Waals surface area contributed by atoms with Crippen LogP contribution in [0.15, 0.2) is 18.2 Å². The summed E-state index contributed by atoms with van der Waals surface area (Å²) in [4.78, 5) is 40.4. The van der Waals surface area contributed by atoms with Crippen molar-refractivity contribution in [2.24, 2.45) is 0 Å². The van der Waals surface area contributed by atoms with Gasteiger partial charge >= 0.3 is 6.09 Å². The number of ether oxygens (including phenoxy) is 1. The van der Waals surface area contributed by atoms with E-state index in [1.54, 1.807) is 20.8 Å². The van der Waals surface area contributed by atoms with Crippen LogP contribution in [0.1, 0.15) is 77.1 Å². The number of aliphatic hydroxyl groups is 1. The Morgan fingerprint density at radius 1 is 1.12 bits per heavy atom. The molecule has 0 heterocycles. The van der Waals surface area contributed by atoms with E-state index in [2.05, 4.69) is 10.6 Å². The average Bonchev–Trinajstić information content (AvgIpc) is 2.67. The van der Waals surface area contributed by atoms with E-state index in [0.29, 0.717) is 5.56 Å². The summed E-state index contributed by atoms with van der Waals surface area (Å²) in [6.07, 6.45) is 0.984. The maximum absolute atomic E-state index is 13.4. The van der Waals surface area contributed by atoms with E-state index in [9.17, 15) is 19.5 Å². The fourth-order valence-corrected chi connectivity index (χ4v) is 3.68. The maximum atomic E-state index is 13.4. The van der Waals surface area contributed by atoms with Gasteiger partial charge in [-0.2, -0.15) is 0 Å². The number of aryl methyl sites for hydroxylation is 2. The van der Waals surface area contributed by atoms with Gasteiger partial charge in [0.25, 0.3) is 0 Å². The molecule has 0 radical (unpaired) electrons. The number of alkyl carbamates (subject to hydrolysis) is 1. The minimum Gasteiger partial charge on any atom is -0.444 e.